The summed E-state index contributed by atoms with van der Waals surface area (Å²) in [4.78, 5) is 35.0. The summed E-state index contributed by atoms with van der Waals surface area (Å²) in [6.07, 6.45) is 0.0622. The van der Waals surface area contributed by atoms with Gasteiger partial charge in [-0.25, -0.2) is 0 Å². The Hall–Kier alpha value is -4.26. The number of piperazine rings is 1. The second kappa shape index (κ2) is 10.8. The maximum absolute atomic E-state index is 13.8. The molecule has 0 saturated carbocycles. The van der Waals surface area contributed by atoms with Crippen molar-refractivity contribution >= 4 is 11.8 Å². The lowest BCUT2D eigenvalue weighted by atomic mass is 9.89. The Morgan fingerprint density at radius 2 is 1.54 bits per heavy atom. The average molecular weight is 495 g/mol. The quantitative estimate of drug-likeness (QED) is 0.395. The van der Waals surface area contributed by atoms with E-state index in [4.69, 9.17) is 4.52 Å². The maximum Gasteiger partial charge on any atom is 0.258 e. The molecule has 5 rings (SSSR count). The van der Waals surface area contributed by atoms with Crippen molar-refractivity contribution in [2.24, 2.45) is 0 Å². The van der Waals surface area contributed by atoms with E-state index in [1.165, 1.54) is 0 Å². The Morgan fingerprint density at radius 1 is 0.919 bits per heavy atom. The van der Waals surface area contributed by atoms with Gasteiger partial charge in [-0.3, -0.25) is 9.59 Å². The monoisotopic (exact) mass is 494 g/mol. The van der Waals surface area contributed by atoms with Crippen molar-refractivity contribution in [1.82, 2.24) is 19.9 Å². The topological polar surface area (TPSA) is 79.5 Å². The molecule has 1 unspecified atom stereocenters. The van der Waals surface area contributed by atoms with Crippen LogP contribution < -0.4 is 0 Å². The molecule has 7 nitrogen and oxygen atoms in total. The summed E-state index contributed by atoms with van der Waals surface area (Å²) in [5.41, 5.74) is 3.82. The fraction of sp³-hybridized carbons (Fsp3) is 0.267. The first-order chi connectivity index (χ1) is 18.0. The van der Waals surface area contributed by atoms with Gasteiger partial charge in [0.05, 0.1) is 12.3 Å². The Kier molecular flexibility index (Phi) is 7.12. The minimum absolute atomic E-state index is 0.0537. The fourth-order valence-electron chi connectivity index (χ4n) is 4.94. The van der Waals surface area contributed by atoms with E-state index in [1.54, 1.807) is 4.90 Å². The third-order valence-corrected chi connectivity index (χ3v) is 6.93. The first kappa shape index (κ1) is 24.4. The predicted octanol–water partition coefficient (Wildman–Crippen LogP) is 4.48. The molecule has 0 radical (unpaired) electrons. The van der Waals surface area contributed by atoms with Crippen LogP contribution in [0.15, 0.2) is 89.5 Å². The van der Waals surface area contributed by atoms with Crippen LogP contribution in [0.4, 0.5) is 0 Å². The van der Waals surface area contributed by atoms with Crippen molar-refractivity contribution in [2.75, 3.05) is 19.6 Å². The van der Waals surface area contributed by atoms with Crippen molar-refractivity contribution < 1.29 is 14.1 Å². The van der Waals surface area contributed by atoms with Crippen LogP contribution in [-0.2, 0) is 16.0 Å². The number of hydrogen-bond acceptors (Lipinski definition) is 5. The number of carbonyl (C=O) groups excluding carboxylic acids is 2. The van der Waals surface area contributed by atoms with Gasteiger partial charge >= 0.3 is 0 Å². The summed E-state index contributed by atoms with van der Waals surface area (Å²) >= 11 is 0. The van der Waals surface area contributed by atoms with Crippen molar-refractivity contribution in [3.63, 3.8) is 0 Å². The lowest BCUT2D eigenvalue weighted by Crippen LogP contribution is -2.56. The first-order valence-electron chi connectivity index (χ1n) is 12.6. The summed E-state index contributed by atoms with van der Waals surface area (Å²) < 4.78 is 5.42. The van der Waals surface area contributed by atoms with Crippen molar-refractivity contribution in [3.05, 3.63) is 107 Å². The summed E-state index contributed by atoms with van der Waals surface area (Å²) in [6, 6.07) is 27.4. The molecule has 0 N–H and O–H groups in total. The zero-order chi connectivity index (χ0) is 25.8. The molecule has 0 aliphatic carbocycles. The molecule has 3 aromatic carbocycles. The summed E-state index contributed by atoms with van der Waals surface area (Å²) in [7, 11) is 0. The van der Waals surface area contributed by atoms with Crippen molar-refractivity contribution in [1.29, 1.82) is 0 Å². The van der Waals surface area contributed by atoms with Gasteiger partial charge < -0.3 is 14.3 Å². The molecule has 1 fully saturated rings. The third-order valence-electron chi connectivity index (χ3n) is 6.93. The highest BCUT2D eigenvalue weighted by Gasteiger charge is 2.35. The number of aryl methyl sites for hydroxylation is 1. The van der Waals surface area contributed by atoms with Crippen LogP contribution in [0.3, 0.4) is 0 Å². The van der Waals surface area contributed by atoms with Crippen LogP contribution in [0.1, 0.15) is 35.4 Å². The number of hydrogen-bond donors (Lipinski definition) is 0. The molecule has 4 aromatic rings. The standard InChI is InChI=1S/C30H30N4O3/c1-21-11-9-10-16-25(21)29-31-26(32-37-29)19-27(35)33-17-18-34(22(2)20-33)30(36)28(23-12-5-3-6-13-23)24-14-7-4-8-15-24/h3-16,22,28H,17-20H2,1-2H3. The summed E-state index contributed by atoms with van der Waals surface area (Å²) in [6.45, 7) is 5.38. The van der Waals surface area contributed by atoms with Gasteiger partial charge in [0.25, 0.3) is 5.89 Å². The lowest BCUT2D eigenvalue weighted by molar-refractivity contribution is -0.142. The number of benzene rings is 3. The molecule has 37 heavy (non-hydrogen) atoms. The SMILES string of the molecule is Cc1ccccc1-c1nc(CC(=O)N2CCN(C(=O)C(c3ccccc3)c3ccccc3)C(C)C2)no1. The molecule has 1 aliphatic heterocycles. The molecule has 2 amide bonds. The first-order valence-corrected chi connectivity index (χ1v) is 12.6. The van der Waals surface area contributed by atoms with Gasteiger partial charge in [-0.15, -0.1) is 0 Å². The van der Waals surface area contributed by atoms with Crippen LogP contribution in [-0.4, -0.2) is 57.4 Å². The maximum atomic E-state index is 13.8. The zero-order valence-corrected chi connectivity index (χ0v) is 21.1. The molecule has 1 aromatic heterocycles. The van der Waals surface area contributed by atoms with Gasteiger partial charge in [0.2, 0.25) is 11.8 Å². The molecule has 7 heteroatoms. The van der Waals surface area contributed by atoms with E-state index in [0.29, 0.717) is 31.3 Å². The molecular weight excluding hydrogens is 464 g/mol. The molecule has 1 atom stereocenters. The number of rotatable bonds is 6. The van der Waals surface area contributed by atoms with Crippen LogP contribution >= 0.6 is 0 Å². The number of aromatic nitrogens is 2. The Bertz CT molecular complexity index is 1330. The van der Waals surface area contributed by atoms with E-state index in [9.17, 15) is 9.59 Å². The molecular formula is C30H30N4O3. The van der Waals surface area contributed by atoms with Crippen LogP contribution in [0.5, 0.6) is 0 Å². The minimum atomic E-state index is -0.383. The molecule has 1 aliphatic rings. The number of carbonyl (C=O) groups is 2. The summed E-state index contributed by atoms with van der Waals surface area (Å²) in [5, 5.41) is 4.02. The van der Waals surface area contributed by atoms with E-state index in [-0.39, 0.29) is 30.2 Å². The second-order valence-corrected chi connectivity index (χ2v) is 9.48. The fourth-order valence-corrected chi connectivity index (χ4v) is 4.94. The lowest BCUT2D eigenvalue weighted by Gasteiger charge is -2.41. The van der Waals surface area contributed by atoms with Crippen molar-refractivity contribution in [2.45, 2.75) is 32.2 Å². The van der Waals surface area contributed by atoms with Gasteiger partial charge in [-0.05, 0) is 36.6 Å². The minimum Gasteiger partial charge on any atom is -0.338 e. The highest BCUT2D eigenvalue weighted by Crippen LogP contribution is 2.29. The average Bonchev–Trinajstić information content (AvgIpc) is 3.38. The van der Waals surface area contributed by atoms with Crippen molar-refractivity contribution in [3.8, 4) is 11.5 Å². The molecule has 0 spiro atoms. The normalized spacial score (nSPS) is 15.7. The molecule has 1 saturated heterocycles. The predicted molar refractivity (Wildman–Crippen MR) is 141 cm³/mol. The largest absolute Gasteiger partial charge is 0.338 e. The highest BCUT2D eigenvalue weighted by molar-refractivity contribution is 5.88. The second-order valence-electron chi connectivity index (χ2n) is 9.48. The zero-order valence-electron chi connectivity index (χ0n) is 21.1. The van der Waals surface area contributed by atoms with Gasteiger partial charge in [-0.1, -0.05) is 84.0 Å². The van der Waals surface area contributed by atoms with E-state index in [0.717, 1.165) is 22.3 Å². The van der Waals surface area contributed by atoms with E-state index >= 15 is 0 Å². The van der Waals surface area contributed by atoms with Gasteiger partial charge in [0, 0.05) is 31.2 Å². The summed E-state index contributed by atoms with van der Waals surface area (Å²) in [5.74, 6) is 0.378. The molecule has 0 bridgehead atoms. The highest BCUT2D eigenvalue weighted by atomic mass is 16.5. The third kappa shape index (κ3) is 5.31. The van der Waals surface area contributed by atoms with Crippen LogP contribution in [0.2, 0.25) is 0 Å². The number of amides is 2. The van der Waals surface area contributed by atoms with Crippen LogP contribution in [0, 0.1) is 6.92 Å². The Balaban J connectivity index is 1.26. The van der Waals surface area contributed by atoms with E-state index in [1.807, 2.05) is 104 Å². The van der Waals surface area contributed by atoms with E-state index < -0.39 is 0 Å². The molecule has 2 heterocycles. The molecule has 188 valence electrons. The smallest absolute Gasteiger partial charge is 0.258 e. The van der Waals surface area contributed by atoms with Gasteiger partial charge in [-0.2, -0.15) is 4.98 Å². The Morgan fingerprint density at radius 3 is 2.16 bits per heavy atom. The van der Waals surface area contributed by atoms with E-state index in [2.05, 4.69) is 10.1 Å². The Labute approximate surface area is 216 Å². The van der Waals surface area contributed by atoms with Gasteiger partial charge in [0.1, 0.15) is 0 Å². The number of nitrogens with zero attached hydrogens (tertiary/aromatic N) is 4. The van der Waals surface area contributed by atoms with Crippen LogP contribution in [0.25, 0.3) is 11.5 Å². The van der Waals surface area contributed by atoms with Gasteiger partial charge in [0.15, 0.2) is 5.82 Å².